The third kappa shape index (κ3) is 3.44. The van der Waals surface area contributed by atoms with Crippen LogP contribution in [0, 0.1) is 10.1 Å². The van der Waals surface area contributed by atoms with Gasteiger partial charge in [0, 0.05) is 6.07 Å². The molecule has 0 spiro atoms. The van der Waals surface area contributed by atoms with E-state index in [9.17, 15) is 14.9 Å². The summed E-state index contributed by atoms with van der Waals surface area (Å²) in [6, 6.07) is 3.25. The van der Waals surface area contributed by atoms with Crippen molar-refractivity contribution in [2.45, 2.75) is 6.92 Å². The number of hydrogen-bond acceptors (Lipinski definition) is 7. The molecule has 96 valence electrons. The summed E-state index contributed by atoms with van der Waals surface area (Å²) in [7, 11) is -2.18. The highest BCUT2D eigenvalue weighted by atomic mass is 16.6. The van der Waals surface area contributed by atoms with E-state index < -0.39 is 23.9 Å². The lowest BCUT2D eigenvalue weighted by Crippen LogP contribution is -2.21. The van der Waals surface area contributed by atoms with Crippen molar-refractivity contribution in [1.82, 2.24) is 0 Å². The zero-order valence-electron chi connectivity index (χ0n) is 9.40. The van der Waals surface area contributed by atoms with Gasteiger partial charge in [0.15, 0.2) is 5.75 Å². The molecule has 0 aliphatic rings. The molecule has 1 aromatic carbocycles. The fraction of sp³-hybridized carbons (Fsp3) is 0.222. The molecule has 0 bridgehead atoms. The summed E-state index contributed by atoms with van der Waals surface area (Å²) in [6.45, 7) is 1.74. The summed E-state index contributed by atoms with van der Waals surface area (Å²) in [4.78, 5) is 21.3. The molecule has 18 heavy (non-hydrogen) atoms. The molecule has 1 rings (SSSR count). The van der Waals surface area contributed by atoms with E-state index in [1.54, 1.807) is 6.92 Å². The second kappa shape index (κ2) is 5.98. The number of hydrogen-bond donors (Lipinski definition) is 2. The van der Waals surface area contributed by atoms with E-state index >= 15 is 0 Å². The average molecular weight is 255 g/mol. The number of nitro benzene ring substituents is 1. The summed E-state index contributed by atoms with van der Waals surface area (Å²) in [5, 5.41) is 27.9. The Morgan fingerprint density at radius 1 is 1.50 bits per heavy atom. The van der Waals surface area contributed by atoms with Crippen molar-refractivity contribution in [2.75, 3.05) is 6.61 Å². The minimum Gasteiger partial charge on any atom is -0.507 e. The van der Waals surface area contributed by atoms with Crippen LogP contribution in [0.15, 0.2) is 18.2 Å². The molecule has 0 saturated carbocycles. The summed E-state index contributed by atoms with van der Waals surface area (Å²) in [6.07, 6.45) is 0. The number of carbonyl (C=O) groups is 1. The van der Waals surface area contributed by atoms with Gasteiger partial charge >= 0.3 is 19.0 Å². The minimum atomic E-state index is -2.18. The first-order valence-corrected chi connectivity index (χ1v) is 4.94. The van der Waals surface area contributed by atoms with Gasteiger partial charge in [0.25, 0.3) is 0 Å². The van der Waals surface area contributed by atoms with Crippen molar-refractivity contribution >= 4 is 19.0 Å². The number of nitrogens with zero attached hydrogens (tertiary/aromatic N) is 1. The van der Waals surface area contributed by atoms with E-state index in [2.05, 4.69) is 9.39 Å². The van der Waals surface area contributed by atoms with Gasteiger partial charge < -0.3 is 19.4 Å². The third-order valence-electron chi connectivity index (χ3n) is 1.90. The predicted molar refractivity (Wildman–Crippen MR) is 59.9 cm³/mol. The van der Waals surface area contributed by atoms with Crippen LogP contribution in [-0.4, -0.2) is 34.9 Å². The minimum absolute atomic E-state index is 0.0247. The zero-order chi connectivity index (χ0) is 13.7. The Balaban J connectivity index is 3.10. The molecule has 0 aliphatic heterocycles. The fourth-order valence-electron chi connectivity index (χ4n) is 1.21. The molecule has 2 N–H and O–H groups in total. The van der Waals surface area contributed by atoms with Gasteiger partial charge in [-0.15, -0.1) is 0 Å². The van der Waals surface area contributed by atoms with E-state index in [4.69, 9.17) is 10.0 Å². The van der Waals surface area contributed by atoms with Crippen LogP contribution in [0.5, 0.6) is 5.75 Å². The molecule has 0 aromatic heterocycles. The van der Waals surface area contributed by atoms with Crippen LogP contribution >= 0.6 is 0 Å². The van der Waals surface area contributed by atoms with E-state index in [-0.39, 0.29) is 17.9 Å². The molecule has 1 aromatic rings. The van der Waals surface area contributed by atoms with Crippen LogP contribution in [0.4, 0.5) is 5.69 Å². The van der Waals surface area contributed by atoms with Crippen molar-refractivity contribution in [2.24, 2.45) is 0 Å². The van der Waals surface area contributed by atoms with Gasteiger partial charge in [0.05, 0.1) is 17.1 Å². The smallest absolute Gasteiger partial charge is 0.507 e. The van der Waals surface area contributed by atoms with Crippen LogP contribution < -0.4 is 4.65 Å². The second-order valence-electron chi connectivity index (χ2n) is 3.10. The van der Waals surface area contributed by atoms with Crippen LogP contribution in [0.3, 0.4) is 0 Å². The van der Waals surface area contributed by atoms with Gasteiger partial charge in [-0.1, -0.05) is 0 Å². The van der Waals surface area contributed by atoms with E-state index in [1.165, 1.54) is 6.07 Å². The summed E-state index contributed by atoms with van der Waals surface area (Å²) in [5.74, 6) is -1.07. The number of rotatable bonds is 5. The molecule has 9 heteroatoms. The number of esters is 1. The largest absolute Gasteiger partial charge is 0.707 e. The highest BCUT2D eigenvalue weighted by Crippen LogP contribution is 2.28. The van der Waals surface area contributed by atoms with Crippen LogP contribution in [0.2, 0.25) is 0 Å². The van der Waals surface area contributed by atoms with Crippen LogP contribution in [0.25, 0.3) is 0 Å². The van der Waals surface area contributed by atoms with Crippen molar-refractivity contribution in [3.05, 3.63) is 33.9 Å². The quantitative estimate of drug-likeness (QED) is 0.332. The summed E-state index contributed by atoms with van der Waals surface area (Å²) >= 11 is 0. The monoisotopic (exact) mass is 255 g/mol. The van der Waals surface area contributed by atoms with Gasteiger partial charge in [0.2, 0.25) is 0 Å². The molecule has 8 nitrogen and oxygen atoms in total. The van der Waals surface area contributed by atoms with Crippen molar-refractivity contribution < 1.29 is 29.2 Å². The zero-order valence-corrected chi connectivity index (χ0v) is 9.40. The number of ether oxygens (including phenoxy) is 1. The molecular weight excluding hydrogens is 245 g/mol. The summed E-state index contributed by atoms with van der Waals surface area (Å²) in [5.41, 5.74) is -0.586. The van der Waals surface area contributed by atoms with E-state index in [0.717, 1.165) is 12.1 Å². The Kier molecular flexibility index (Phi) is 4.63. The van der Waals surface area contributed by atoms with Crippen molar-refractivity contribution in [3.63, 3.8) is 0 Å². The standard InChI is InChI=1S/C9H10BNO7/c1-2-17-9(12)6-3-4-8(18-10(13)14)7(5-6)11(15)16/h3-5,13-14H,2H2,1H3. The SMILES string of the molecule is CCOC(=O)c1ccc(OB(O)O)c([N+](=O)[O-])c1. The lowest BCUT2D eigenvalue weighted by Gasteiger charge is -2.07. The Labute approximate surface area is 102 Å². The first-order valence-electron chi connectivity index (χ1n) is 4.94. The second-order valence-corrected chi connectivity index (χ2v) is 3.10. The maximum Gasteiger partial charge on any atom is 0.707 e. The molecule has 0 atom stereocenters. The Bertz CT molecular complexity index is 462. The number of carbonyl (C=O) groups excluding carboxylic acids is 1. The number of nitro groups is 1. The van der Waals surface area contributed by atoms with Gasteiger partial charge in [-0.25, -0.2) is 4.79 Å². The molecule has 0 heterocycles. The first kappa shape index (κ1) is 13.9. The molecule has 0 aliphatic carbocycles. The maximum absolute atomic E-state index is 11.4. The van der Waals surface area contributed by atoms with Gasteiger partial charge in [-0.2, -0.15) is 0 Å². The lowest BCUT2D eigenvalue weighted by atomic mass is 10.1. The fourth-order valence-corrected chi connectivity index (χ4v) is 1.21. The van der Waals surface area contributed by atoms with Crippen LogP contribution in [0.1, 0.15) is 17.3 Å². The molecule has 0 amide bonds. The number of benzene rings is 1. The third-order valence-corrected chi connectivity index (χ3v) is 1.90. The van der Waals surface area contributed by atoms with Crippen molar-refractivity contribution in [3.8, 4) is 5.75 Å². The summed E-state index contributed by atoms with van der Waals surface area (Å²) < 4.78 is 9.10. The Morgan fingerprint density at radius 3 is 2.67 bits per heavy atom. The van der Waals surface area contributed by atoms with E-state index in [1.807, 2.05) is 0 Å². The van der Waals surface area contributed by atoms with Crippen molar-refractivity contribution in [1.29, 1.82) is 0 Å². The maximum atomic E-state index is 11.4. The topological polar surface area (TPSA) is 119 Å². The lowest BCUT2D eigenvalue weighted by molar-refractivity contribution is -0.385. The first-order chi connectivity index (χ1) is 8.45. The van der Waals surface area contributed by atoms with Gasteiger partial charge in [-0.3, -0.25) is 10.1 Å². The Hall–Kier alpha value is -2.13. The van der Waals surface area contributed by atoms with Crippen LogP contribution in [-0.2, 0) is 4.74 Å². The normalized spacial score (nSPS) is 9.72. The Morgan fingerprint density at radius 2 is 2.17 bits per heavy atom. The highest BCUT2D eigenvalue weighted by Gasteiger charge is 2.23. The molecule has 0 fully saturated rings. The molecule has 0 saturated heterocycles. The molecular formula is C9H10BNO7. The predicted octanol–water partition coefficient (Wildman–Crippen LogP) is 0.120. The molecule has 0 radical (unpaired) electrons. The highest BCUT2D eigenvalue weighted by molar-refractivity contribution is 6.33. The van der Waals surface area contributed by atoms with Gasteiger partial charge in [0.1, 0.15) is 0 Å². The average Bonchev–Trinajstić information content (AvgIpc) is 2.28. The van der Waals surface area contributed by atoms with Gasteiger partial charge in [-0.05, 0) is 19.1 Å². The molecule has 0 unspecified atom stereocenters. The van der Waals surface area contributed by atoms with E-state index in [0.29, 0.717) is 0 Å².